The lowest BCUT2D eigenvalue weighted by molar-refractivity contribution is -0.148. The molecule has 0 bridgehead atoms. The molecule has 1 aromatic heterocycles. The number of carboxylic acid groups (broad SMARTS) is 1. The third-order valence-electron chi connectivity index (χ3n) is 5.43. The molecule has 6 nitrogen and oxygen atoms in total. The van der Waals surface area contributed by atoms with Crippen LogP contribution in [0.25, 0.3) is 0 Å². The third-order valence-corrected chi connectivity index (χ3v) is 6.36. The van der Waals surface area contributed by atoms with Crippen molar-refractivity contribution in [1.82, 2.24) is 9.88 Å². The zero-order chi connectivity index (χ0) is 23.4. The number of hydrogen-bond donors (Lipinski definition) is 1. The first kappa shape index (κ1) is 27.1. The molecule has 0 saturated carbocycles. The standard InChI is InChI=1S/C24H40N2O4S/c1-7-9-11-12-14-26(18(5)13-10-8-2)21(17(3)4)15-22(30-19(6)27)23-25-20(16-31-23)24(28)29/h16-17,21-22H,5,7-15H2,1-4,6H3,(H,28,29). The number of hydrogen-bond acceptors (Lipinski definition) is 6. The Morgan fingerprint density at radius 1 is 1.19 bits per heavy atom. The molecule has 1 aromatic rings. The van der Waals surface area contributed by atoms with Gasteiger partial charge in [0, 0.05) is 37.0 Å². The highest BCUT2D eigenvalue weighted by Gasteiger charge is 2.30. The summed E-state index contributed by atoms with van der Waals surface area (Å²) in [6.45, 7) is 15.4. The van der Waals surface area contributed by atoms with Crippen molar-refractivity contribution in [1.29, 1.82) is 0 Å². The predicted molar refractivity (Wildman–Crippen MR) is 126 cm³/mol. The molecule has 0 spiro atoms. The normalized spacial score (nSPS) is 13.1. The molecule has 0 aliphatic rings. The molecule has 31 heavy (non-hydrogen) atoms. The van der Waals surface area contributed by atoms with Gasteiger partial charge < -0.3 is 14.7 Å². The Labute approximate surface area is 191 Å². The summed E-state index contributed by atoms with van der Waals surface area (Å²) < 4.78 is 5.62. The lowest BCUT2D eigenvalue weighted by atomic mass is 9.94. The molecule has 0 aliphatic heterocycles. The molecule has 7 heteroatoms. The number of rotatable bonds is 16. The number of unbranched alkanes of at least 4 members (excludes halogenated alkanes) is 4. The maximum Gasteiger partial charge on any atom is 0.355 e. The van der Waals surface area contributed by atoms with Gasteiger partial charge in [0.05, 0.1) is 0 Å². The minimum absolute atomic E-state index is 0.0120. The number of aromatic nitrogens is 1. The Bertz CT molecular complexity index is 702. The maximum absolute atomic E-state index is 11.8. The zero-order valence-corrected chi connectivity index (χ0v) is 20.7. The van der Waals surface area contributed by atoms with Gasteiger partial charge in [-0.25, -0.2) is 9.78 Å². The van der Waals surface area contributed by atoms with Crippen LogP contribution in [-0.2, 0) is 9.53 Å². The average Bonchev–Trinajstić information content (AvgIpc) is 3.20. The van der Waals surface area contributed by atoms with Gasteiger partial charge in [0.25, 0.3) is 0 Å². The fourth-order valence-corrected chi connectivity index (χ4v) is 4.54. The highest BCUT2D eigenvalue weighted by molar-refractivity contribution is 7.09. The van der Waals surface area contributed by atoms with Crippen molar-refractivity contribution in [3.8, 4) is 0 Å². The Morgan fingerprint density at radius 3 is 2.39 bits per heavy atom. The van der Waals surface area contributed by atoms with E-state index in [1.807, 2.05) is 0 Å². The lowest BCUT2D eigenvalue weighted by Crippen LogP contribution is -2.40. The van der Waals surface area contributed by atoms with E-state index in [1.54, 1.807) is 0 Å². The minimum atomic E-state index is -1.07. The summed E-state index contributed by atoms with van der Waals surface area (Å²) in [5.41, 5.74) is 1.12. The Morgan fingerprint density at radius 2 is 1.87 bits per heavy atom. The van der Waals surface area contributed by atoms with Crippen LogP contribution in [0.1, 0.15) is 108 Å². The van der Waals surface area contributed by atoms with Crippen molar-refractivity contribution >= 4 is 23.3 Å². The van der Waals surface area contributed by atoms with E-state index in [0.717, 1.165) is 37.9 Å². The van der Waals surface area contributed by atoms with E-state index in [9.17, 15) is 14.7 Å². The quantitative estimate of drug-likeness (QED) is 0.229. The van der Waals surface area contributed by atoms with E-state index < -0.39 is 12.1 Å². The SMILES string of the molecule is C=C(CCCC)N(CCCCCC)C(CC(OC(C)=O)c1nc(C(=O)O)cs1)C(C)C. The maximum atomic E-state index is 11.8. The number of carboxylic acids is 1. The van der Waals surface area contributed by atoms with Gasteiger partial charge in [-0.05, 0) is 25.2 Å². The number of aromatic carboxylic acids is 1. The van der Waals surface area contributed by atoms with Gasteiger partial charge in [0.2, 0.25) is 0 Å². The second-order valence-corrected chi connectivity index (χ2v) is 9.33. The smallest absolute Gasteiger partial charge is 0.355 e. The summed E-state index contributed by atoms with van der Waals surface area (Å²) >= 11 is 1.23. The number of carbonyl (C=O) groups is 2. The van der Waals surface area contributed by atoms with Gasteiger partial charge in [0.15, 0.2) is 11.8 Å². The topological polar surface area (TPSA) is 79.7 Å². The highest BCUT2D eigenvalue weighted by Crippen LogP contribution is 2.32. The fraction of sp³-hybridized carbons (Fsp3) is 0.708. The lowest BCUT2D eigenvalue weighted by Gasteiger charge is -2.39. The molecule has 0 aromatic carbocycles. The van der Waals surface area contributed by atoms with Crippen LogP contribution >= 0.6 is 11.3 Å². The fourth-order valence-electron chi connectivity index (χ4n) is 3.70. The van der Waals surface area contributed by atoms with Crippen LogP contribution < -0.4 is 0 Å². The largest absolute Gasteiger partial charge is 0.476 e. The summed E-state index contributed by atoms with van der Waals surface area (Å²) in [5, 5.41) is 11.3. The van der Waals surface area contributed by atoms with Crippen LogP contribution in [0.2, 0.25) is 0 Å². The van der Waals surface area contributed by atoms with E-state index in [1.165, 1.54) is 42.9 Å². The Hall–Kier alpha value is -1.89. The van der Waals surface area contributed by atoms with Gasteiger partial charge in [0.1, 0.15) is 5.01 Å². The molecular weight excluding hydrogens is 412 g/mol. The van der Waals surface area contributed by atoms with Crippen molar-refractivity contribution in [3.05, 3.63) is 28.4 Å². The third kappa shape index (κ3) is 9.42. The number of ether oxygens (including phenoxy) is 1. The van der Waals surface area contributed by atoms with Crippen molar-refractivity contribution < 1.29 is 19.4 Å². The molecule has 0 radical (unpaired) electrons. The zero-order valence-electron chi connectivity index (χ0n) is 19.9. The molecule has 0 saturated heterocycles. The van der Waals surface area contributed by atoms with Crippen LogP contribution in [-0.4, -0.2) is 39.5 Å². The number of nitrogens with zero attached hydrogens (tertiary/aromatic N) is 2. The molecule has 1 N–H and O–H groups in total. The highest BCUT2D eigenvalue weighted by atomic mass is 32.1. The molecule has 0 fully saturated rings. The molecule has 0 amide bonds. The first-order valence-electron chi connectivity index (χ1n) is 11.5. The average molecular weight is 453 g/mol. The number of allylic oxidation sites excluding steroid dienone is 1. The molecule has 1 rings (SSSR count). The van der Waals surface area contributed by atoms with Gasteiger partial charge in [-0.15, -0.1) is 11.3 Å². The first-order chi connectivity index (χ1) is 14.7. The van der Waals surface area contributed by atoms with E-state index in [-0.39, 0.29) is 17.7 Å². The van der Waals surface area contributed by atoms with Crippen molar-refractivity contribution in [2.45, 2.75) is 98.1 Å². The van der Waals surface area contributed by atoms with Gasteiger partial charge >= 0.3 is 11.9 Å². The molecular formula is C24H40N2O4S. The molecule has 2 atom stereocenters. The number of carbonyl (C=O) groups excluding carboxylic acids is 1. The summed E-state index contributed by atoms with van der Waals surface area (Å²) in [6.07, 6.45) is 7.83. The van der Waals surface area contributed by atoms with Crippen LogP contribution in [0.15, 0.2) is 17.7 Å². The van der Waals surface area contributed by atoms with Gasteiger partial charge in [-0.1, -0.05) is 60.0 Å². The number of esters is 1. The van der Waals surface area contributed by atoms with Crippen LogP contribution in [0, 0.1) is 5.92 Å². The Balaban J connectivity index is 3.13. The second-order valence-electron chi connectivity index (χ2n) is 8.45. The minimum Gasteiger partial charge on any atom is -0.476 e. The summed E-state index contributed by atoms with van der Waals surface area (Å²) in [7, 11) is 0. The molecule has 1 heterocycles. The summed E-state index contributed by atoms with van der Waals surface area (Å²) in [4.78, 5) is 29.7. The van der Waals surface area contributed by atoms with Crippen molar-refractivity contribution in [2.24, 2.45) is 5.92 Å². The predicted octanol–water partition coefficient (Wildman–Crippen LogP) is 6.45. The monoisotopic (exact) mass is 452 g/mol. The number of thiazole rings is 1. The van der Waals surface area contributed by atoms with Gasteiger partial charge in [-0.2, -0.15) is 0 Å². The van der Waals surface area contributed by atoms with E-state index in [0.29, 0.717) is 17.3 Å². The van der Waals surface area contributed by atoms with Crippen LogP contribution in [0.4, 0.5) is 0 Å². The van der Waals surface area contributed by atoms with Crippen molar-refractivity contribution in [3.63, 3.8) is 0 Å². The molecule has 176 valence electrons. The summed E-state index contributed by atoms with van der Waals surface area (Å²) in [6, 6.07) is 0.118. The summed E-state index contributed by atoms with van der Waals surface area (Å²) in [5.74, 6) is -1.16. The second kappa shape index (κ2) is 14.2. The molecule has 2 unspecified atom stereocenters. The van der Waals surface area contributed by atoms with Crippen molar-refractivity contribution in [2.75, 3.05) is 6.54 Å². The van der Waals surface area contributed by atoms with Crippen LogP contribution in [0.5, 0.6) is 0 Å². The van der Waals surface area contributed by atoms with Gasteiger partial charge in [-0.3, -0.25) is 4.79 Å². The van der Waals surface area contributed by atoms with E-state index in [4.69, 9.17) is 4.74 Å². The Kier molecular flexibility index (Phi) is 12.5. The first-order valence-corrected chi connectivity index (χ1v) is 12.4. The van der Waals surface area contributed by atoms with Crippen LogP contribution in [0.3, 0.4) is 0 Å². The molecule has 0 aliphatic carbocycles. The van der Waals surface area contributed by atoms with E-state index in [2.05, 4.69) is 44.2 Å². The van der Waals surface area contributed by atoms with E-state index >= 15 is 0 Å².